The molecule has 0 atom stereocenters. The van der Waals surface area contributed by atoms with Crippen molar-refractivity contribution in [1.29, 1.82) is 0 Å². The lowest BCUT2D eigenvalue weighted by molar-refractivity contribution is 0.340. The monoisotopic (exact) mass is 355 g/mol. The molecule has 0 amide bonds. The molecular formula is C17H17N5O2S. The number of phenolic OH excluding ortho intramolecular Hbond substituents is 1. The predicted molar refractivity (Wildman–Crippen MR) is 99.1 cm³/mol. The molecule has 0 aliphatic heterocycles. The fourth-order valence-corrected chi connectivity index (χ4v) is 2.38. The first-order valence-corrected chi connectivity index (χ1v) is 8.07. The van der Waals surface area contributed by atoms with Gasteiger partial charge in [-0.2, -0.15) is 14.9 Å². The van der Waals surface area contributed by atoms with E-state index in [1.54, 1.807) is 22.9 Å². The van der Waals surface area contributed by atoms with E-state index in [1.165, 1.54) is 6.21 Å². The van der Waals surface area contributed by atoms with Crippen LogP contribution >= 0.6 is 12.2 Å². The number of rotatable bonds is 6. The zero-order valence-electron chi connectivity index (χ0n) is 13.5. The average molecular weight is 355 g/mol. The van der Waals surface area contributed by atoms with Gasteiger partial charge in [-0.1, -0.05) is 12.1 Å². The maximum Gasteiger partial charge on any atom is 0.216 e. The highest BCUT2D eigenvalue weighted by Crippen LogP contribution is 2.20. The maximum atomic E-state index is 9.75. The average Bonchev–Trinajstić information content (AvgIpc) is 2.98. The van der Waals surface area contributed by atoms with Crippen LogP contribution in [0.1, 0.15) is 12.5 Å². The van der Waals surface area contributed by atoms with Gasteiger partial charge in [0.15, 0.2) is 5.82 Å². The number of benzene rings is 2. The Bertz CT molecular complexity index is 931. The van der Waals surface area contributed by atoms with E-state index in [-0.39, 0.29) is 5.75 Å². The van der Waals surface area contributed by atoms with Gasteiger partial charge >= 0.3 is 0 Å². The number of para-hydroxylation sites is 1. The van der Waals surface area contributed by atoms with Crippen molar-refractivity contribution >= 4 is 18.4 Å². The van der Waals surface area contributed by atoms with E-state index in [4.69, 9.17) is 17.0 Å². The van der Waals surface area contributed by atoms with Gasteiger partial charge in [0.05, 0.1) is 12.8 Å². The molecule has 2 aromatic carbocycles. The van der Waals surface area contributed by atoms with Crippen LogP contribution in [0, 0.1) is 4.77 Å². The fourth-order valence-electron chi connectivity index (χ4n) is 2.20. The topological polar surface area (TPSA) is 87.5 Å². The van der Waals surface area contributed by atoms with Crippen molar-refractivity contribution in [2.45, 2.75) is 6.92 Å². The molecule has 128 valence electrons. The van der Waals surface area contributed by atoms with Gasteiger partial charge in [-0.15, -0.1) is 0 Å². The van der Waals surface area contributed by atoms with Crippen molar-refractivity contribution < 1.29 is 9.84 Å². The normalized spacial score (nSPS) is 10.9. The standard InChI is InChI=1S/C17H17N5O2S/c1-2-24-14-9-7-12(8-10-14)16-19-20-17(25)22(16)21-18-11-13-5-3-4-6-15(13)23/h3-11,21,23H,2H2,1H3,(H,20,25)/b18-11+. The summed E-state index contributed by atoms with van der Waals surface area (Å²) in [7, 11) is 0. The number of H-pyrrole nitrogens is 1. The van der Waals surface area contributed by atoms with Crippen LogP contribution in [0.15, 0.2) is 53.6 Å². The smallest absolute Gasteiger partial charge is 0.216 e. The van der Waals surface area contributed by atoms with Gasteiger partial charge in [-0.3, -0.25) is 0 Å². The summed E-state index contributed by atoms with van der Waals surface area (Å²) in [6.45, 7) is 2.55. The van der Waals surface area contributed by atoms with Crippen molar-refractivity contribution in [2.24, 2.45) is 5.10 Å². The van der Waals surface area contributed by atoms with Crippen molar-refractivity contribution in [3.05, 3.63) is 58.9 Å². The van der Waals surface area contributed by atoms with Crippen LogP contribution in [0.5, 0.6) is 11.5 Å². The Kier molecular flexibility index (Phi) is 5.10. The van der Waals surface area contributed by atoms with Gasteiger partial charge in [0.1, 0.15) is 11.5 Å². The second-order valence-corrected chi connectivity index (χ2v) is 5.45. The first-order chi connectivity index (χ1) is 12.2. The minimum atomic E-state index is 0.149. The molecule has 0 bridgehead atoms. The molecule has 0 saturated carbocycles. The zero-order valence-corrected chi connectivity index (χ0v) is 14.3. The Morgan fingerprint density at radius 1 is 1.28 bits per heavy atom. The summed E-state index contributed by atoms with van der Waals surface area (Å²) in [6, 6.07) is 14.4. The number of aromatic nitrogens is 3. The Balaban J connectivity index is 1.82. The van der Waals surface area contributed by atoms with E-state index in [0.717, 1.165) is 11.3 Å². The highest BCUT2D eigenvalue weighted by Gasteiger charge is 2.08. The van der Waals surface area contributed by atoms with Crippen LogP contribution in [-0.4, -0.2) is 32.8 Å². The van der Waals surface area contributed by atoms with Gasteiger partial charge in [0, 0.05) is 11.1 Å². The van der Waals surface area contributed by atoms with E-state index < -0.39 is 0 Å². The molecule has 0 unspecified atom stereocenters. The number of phenols is 1. The highest BCUT2D eigenvalue weighted by molar-refractivity contribution is 7.71. The molecule has 0 spiro atoms. The van der Waals surface area contributed by atoms with E-state index in [1.807, 2.05) is 37.3 Å². The number of aromatic amines is 1. The molecule has 0 aliphatic carbocycles. The molecule has 3 N–H and O–H groups in total. The van der Waals surface area contributed by atoms with Crippen LogP contribution in [0.2, 0.25) is 0 Å². The lowest BCUT2D eigenvalue weighted by atomic mass is 10.2. The Hall–Kier alpha value is -3.13. The van der Waals surface area contributed by atoms with Gasteiger partial charge in [-0.05, 0) is 55.5 Å². The molecule has 0 fully saturated rings. The van der Waals surface area contributed by atoms with Crippen molar-refractivity contribution in [1.82, 2.24) is 14.9 Å². The predicted octanol–water partition coefficient (Wildman–Crippen LogP) is 3.29. The number of hydrogen-bond acceptors (Lipinski definition) is 6. The summed E-state index contributed by atoms with van der Waals surface area (Å²) < 4.78 is 7.36. The number of nitrogens with zero attached hydrogens (tertiary/aromatic N) is 3. The molecule has 1 heterocycles. The van der Waals surface area contributed by atoms with Crippen molar-refractivity contribution in [3.8, 4) is 22.9 Å². The second-order valence-electron chi connectivity index (χ2n) is 5.06. The Morgan fingerprint density at radius 2 is 2.04 bits per heavy atom. The third-order valence-electron chi connectivity index (χ3n) is 3.39. The molecule has 7 nitrogen and oxygen atoms in total. The molecule has 0 aliphatic rings. The van der Waals surface area contributed by atoms with Gasteiger partial charge in [0.25, 0.3) is 0 Å². The molecule has 0 radical (unpaired) electrons. The van der Waals surface area contributed by atoms with Gasteiger partial charge in [0.2, 0.25) is 4.77 Å². The maximum absolute atomic E-state index is 9.75. The van der Waals surface area contributed by atoms with Gasteiger partial charge < -0.3 is 9.84 Å². The van der Waals surface area contributed by atoms with Crippen LogP contribution in [0.4, 0.5) is 0 Å². The molecule has 3 aromatic rings. The van der Waals surface area contributed by atoms with Crippen LogP contribution in [0.25, 0.3) is 11.4 Å². The summed E-state index contributed by atoms with van der Waals surface area (Å²) >= 11 is 5.23. The molecule has 8 heteroatoms. The summed E-state index contributed by atoms with van der Waals surface area (Å²) in [6.07, 6.45) is 1.51. The van der Waals surface area contributed by atoms with Crippen LogP contribution in [0.3, 0.4) is 0 Å². The third-order valence-corrected chi connectivity index (χ3v) is 3.67. The third kappa shape index (κ3) is 3.86. The Labute approximate surface area is 149 Å². The number of ether oxygens (including phenoxy) is 1. The fraction of sp³-hybridized carbons (Fsp3) is 0.118. The minimum Gasteiger partial charge on any atom is -0.507 e. The van der Waals surface area contributed by atoms with Crippen LogP contribution in [-0.2, 0) is 0 Å². The molecule has 1 aromatic heterocycles. The van der Waals surface area contributed by atoms with Crippen molar-refractivity contribution in [3.63, 3.8) is 0 Å². The zero-order chi connectivity index (χ0) is 17.6. The lowest BCUT2D eigenvalue weighted by Crippen LogP contribution is -2.10. The van der Waals surface area contributed by atoms with E-state index >= 15 is 0 Å². The van der Waals surface area contributed by atoms with Crippen molar-refractivity contribution in [2.75, 3.05) is 12.1 Å². The van der Waals surface area contributed by atoms with E-state index in [9.17, 15) is 5.11 Å². The Morgan fingerprint density at radius 3 is 2.76 bits per heavy atom. The summed E-state index contributed by atoms with van der Waals surface area (Å²) in [5.41, 5.74) is 4.26. The van der Waals surface area contributed by atoms with E-state index in [2.05, 4.69) is 20.8 Å². The minimum absolute atomic E-state index is 0.149. The number of nitrogens with one attached hydrogen (secondary N) is 2. The number of hydrogen-bond donors (Lipinski definition) is 3. The highest BCUT2D eigenvalue weighted by atomic mass is 32.1. The molecular weight excluding hydrogens is 338 g/mol. The van der Waals surface area contributed by atoms with Gasteiger partial charge in [-0.25, -0.2) is 10.6 Å². The summed E-state index contributed by atoms with van der Waals surface area (Å²) in [5.74, 6) is 1.52. The largest absolute Gasteiger partial charge is 0.507 e. The number of hydrazone groups is 1. The van der Waals surface area contributed by atoms with E-state index in [0.29, 0.717) is 22.8 Å². The summed E-state index contributed by atoms with van der Waals surface area (Å²) in [4.78, 5) is 0. The quantitative estimate of drug-likeness (QED) is 0.359. The number of aromatic hydroxyl groups is 1. The molecule has 25 heavy (non-hydrogen) atoms. The lowest BCUT2D eigenvalue weighted by Gasteiger charge is -2.07. The van der Waals surface area contributed by atoms with Crippen LogP contribution < -0.4 is 10.3 Å². The molecule has 3 rings (SSSR count). The summed E-state index contributed by atoms with van der Waals surface area (Å²) in [5, 5.41) is 20.8. The molecule has 0 saturated heterocycles. The SMILES string of the molecule is CCOc1ccc(-c2n[nH]c(=S)n2N/N=C/c2ccccc2O)cc1. The second kappa shape index (κ2) is 7.63. The first-order valence-electron chi connectivity index (χ1n) is 7.66. The first kappa shape index (κ1) is 16.7.